The van der Waals surface area contributed by atoms with Gasteiger partial charge in [0.05, 0.1) is 10.9 Å². The average Bonchev–Trinajstić information content (AvgIpc) is 3.00. The van der Waals surface area contributed by atoms with Gasteiger partial charge in [0.25, 0.3) is 0 Å². The largest absolute Gasteiger partial charge is 0.299 e. The molecule has 2 aromatic carbocycles. The van der Waals surface area contributed by atoms with E-state index in [-0.39, 0.29) is 16.6 Å². The minimum atomic E-state index is -3.69. The Bertz CT molecular complexity index is 813. The topological polar surface area (TPSA) is 63.2 Å². The molecular weight excluding hydrogens is 322 g/mol. The van der Waals surface area contributed by atoms with Crippen LogP contribution in [0, 0.1) is 12.8 Å². The van der Waals surface area contributed by atoms with Crippen molar-refractivity contribution in [3.8, 4) is 0 Å². The number of aryl methyl sites for hydroxylation is 1. The minimum Gasteiger partial charge on any atom is -0.299 e. The summed E-state index contributed by atoms with van der Waals surface area (Å²) in [5.74, 6) is -0.164. The first-order valence-corrected chi connectivity index (χ1v) is 9.62. The lowest BCUT2D eigenvalue weighted by Crippen LogP contribution is -2.35. The molecule has 1 aliphatic carbocycles. The van der Waals surface area contributed by atoms with Gasteiger partial charge < -0.3 is 0 Å². The van der Waals surface area contributed by atoms with E-state index >= 15 is 0 Å². The van der Waals surface area contributed by atoms with E-state index in [1.54, 1.807) is 24.3 Å². The summed E-state index contributed by atoms with van der Waals surface area (Å²) in [4.78, 5) is 12.4. The van der Waals surface area contributed by atoms with Gasteiger partial charge in [-0.05, 0) is 37.5 Å². The van der Waals surface area contributed by atoms with Gasteiger partial charge in [0.15, 0.2) is 0 Å². The number of benzene rings is 2. The third kappa shape index (κ3) is 3.57. The highest BCUT2D eigenvalue weighted by Gasteiger charge is 2.35. The highest BCUT2D eigenvalue weighted by molar-refractivity contribution is 7.89. The lowest BCUT2D eigenvalue weighted by atomic mass is 9.92. The first-order chi connectivity index (χ1) is 11.5. The fraction of sp³-hybridized carbons (Fsp3) is 0.316. The summed E-state index contributed by atoms with van der Waals surface area (Å²) in [5, 5.41) is 0. The second kappa shape index (κ2) is 6.87. The fourth-order valence-corrected chi connectivity index (χ4v) is 4.46. The molecule has 1 saturated carbocycles. The average molecular weight is 343 g/mol. The van der Waals surface area contributed by atoms with Crippen LogP contribution in [0.3, 0.4) is 0 Å². The molecule has 0 unspecified atom stereocenters. The predicted octanol–water partition coefficient (Wildman–Crippen LogP) is 3.38. The van der Waals surface area contributed by atoms with Crippen LogP contribution in [-0.2, 0) is 14.8 Å². The standard InChI is InChI=1S/C19H21NO3S/c1-14-10-12-16(13-11-14)24(22,23)20-19(15-6-3-2-4-7-15)17-8-5-9-18(17)21/h2-4,6-7,10-13,17,19-20H,5,8-9H2,1H3/t17-,19+/m0/s1. The Hall–Kier alpha value is -1.98. The van der Waals surface area contributed by atoms with Gasteiger partial charge in [-0.3, -0.25) is 4.79 Å². The minimum absolute atomic E-state index is 0.135. The molecule has 0 radical (unpaired) electrons. The van der Waals surface area contributed by atoms with Crippen molar-refractivity contribution in [2.45, 2.75) is 37.1 Å². The van der Waals surface area contributed by atoms with Gasteiger partial charge in [0, 0.05) is 12.3 Å². The lowest BCUT2D eigenvalue weighted by molar-refractivity contribution is -0.121. The molecule has 24 heavy (non-hydrogen) atoms. The number of sulfonamides is 1. The van der Waals surface area contributed by atoms with Gasteiger partial charge >= 0.3 is 0 Å². The number of carbonyl (C=O) groups is 1. The van der Waals surface area contributed by atoms with Crippen molar-refractivity contribution in [2.75, 3.05) is 0 Å². The molecule has 0 bridgehead atoms. The molecule has 5 heteroatoms. The Kier molecular flexibility index (Phi) is 4.83. The van der Waals surface area contributed by atoms with Gasteiger partial charge in [-0.1, -0.05) is 48.0 Å². The summed E-state index contributed by atoms with van der Waals surface area (Å²) < 4.78 is 28.3. The first kappa shape index (κ1) is 16.9. The zero-order valence-electron chi connectivity index (χ0n) is 13.6. The molecule has 2 atom stereocenters. The van der Waals surface area contributed by atoms with E-state index in [0.717, 1.165) is 24.0 Å². The zero-order valence-corrected chi connectivity index (χ0v) is 14.4. The van der Waals surface area contributed by atoms with Gasteiger partial charge in [0.1, 0.15) is 5.78 Å². The molecule has 1 aliphatic rings. The summed E-state index contributed by atoms with van der Waals surface area (Å²) in [7, 11) is -3.69. The zero-order chi connectivity index (χ0) is 17.2. The molecule has 3 rings (SSSR count). The predicted molar refractivity (Wildman–Crippen MR) is 93.0 cm³/mol. The van der Waals surface area contributed by atoms with Gasteiger partial charge in [-0.15, -0.1) is 0 Å². The van der Waals surface area contributed by atoms with E-state index in [0.29, 0.717) is 6.42 Å². The maximum Gasteiger partial charge on any atom is 0.241 e. The van der Waals surface area contributed by atoms with Crippen LogP contribution >= 0.6 is 0 Å². The van der Waals surface area contributed by atoms with Crippen LogP contribution in [0.15, 0.2) is 59.5 Å². The maximum atomic E-state index is 12.8. The molecule has 0 aromatic heterocycles. The van der Waals surface area contributed by atoms with Crippen molar-refractivity contribution in [1.82, 2.24) is 4.72 Å². The number of rotatable bonds is 5. The van der Waals surface area contributed by atoms with Crippen LogP contribution in [-0.4, -0.2) is 14.2 Å². The van der Waals surface area contributed by atoms with E-state index < -0.39 is 16.1 Å². The maximum absolute atomic E-state index is 12.8. The number of carbonyl (C=O) groups excluding carboxylic acids is 1. The molecule has 1 fully saturated rings. The first-order valence-electron chi connectivity index (χ1n) is 8.14. The van der Waals surface area contributed by atoms with E-state index in [1.165, 1.54) is 0 Å². The van der Waals surface area contributed by atoms with Crippen LogP contribution in [0.2, 0.25) is 0 Å². The van der Waals surface area contributed by atoms with Crippen molar-refractivity contribution in [2.24, 2.45) is 5.92 Å². The van der Waals surface area contributed by atoms with Crippen LogP contribution in [0.25, 0.3) is 0 Å². The molecule has 0 aliphatic heterocycles. The highest BCUT2D eigenvalue weighted by Crippen LogP contribution is 2.34. The second-order valence-corrected chi connectivity index (χ2v) is 8.00. The molecule has 0 amide bonds. The summed E-state index contributed by atoms with van der Waals surface area (Å²) in [5.41, 5.74) is 1.83. The summed E-state index contributed by atoms with van der Waals surface area (Å²) in [6, 6.07) is 15.6. The van der Waals surface area contributed by atoms with Crippen LogP contribution in [0.4, 0.5) is 0 Å². The molecule has 0 heterocycles. The monoisotopic (exact) mass is 343 g/mol. The normalized spacial score (nSPS) is 19.4. The quantitative estimate of drug-likeness (QED) is 0.905. The van der Waals surface area contributed by atoms with Crippen LogP contribution in [0.1, 0.15) is 36.4 Å². The Balaban J connectivity index is 1.94. The molecule has 0 spiro atoms. The summed E-state index contributed by atoms with van der Waals surface area (Å²) in [6.07, 6.45) is 2.06. The van der Waals surface area contributed by atoms with Crippen LogP contribution in [0.5, 0.6) is 0 Å². The third-order valence-corrected chi connectivity index (χ3v) is 5.98. The number of nitrogens with one attached hydrogen (secondary N) is 1. The SMILES string of the molecule is Cc1ccc(S(=O)(=O)N[C@H](c2ccccc2)[C@H]2CCCC2=O)cc1. The van der Waals surface area contributed by atoms with Crippen molar-refractivity contribution < 1.29 is 13.2 Å². The van der Waals surface area contributed by atoms with Gasteiger partial charge in [-0.2, -0.15) is 0 Å². The smallest absolute Gasteiger partial charge is 0.241 e. The van der Waals surface area contributed by atoms with Crippen molar-refractivity contribution in [1.29, 1.82) is 0 Å². The molecule has 0 saturated heterocycles. The van der Waals surface area contributed by atoms with Gasteiger partial charge in [-0.25, -0.2) is 13.1 Å². The molecule has 4 nitrogen and oxygen atoms in total. The lowest BCUT2D eigenvalue weighted by Gasteiger charge is -2.24. The Labute approximate surface area is 143 Å². The van der Waals surface area contributed by atoms with E-state index in [1.807, 2.05) is 37.3 Å². The molecule has 126 valence electrons. The van der Waals surface area contributed by atoms with Crippen molar-refractivity contribution in [3.05, 3.63) is 65.7 Å². The highest BCUT2D eigenvalue weighted by atomic mass is 32.2. The Morgan fingerprint density at radius 2 is 1.71 bits per heavy atom. The van der Waals surface area contributed by atoms with Crippen LogP contribution < -0.4 is 4.72 Å². The Morgan fingerprint density at radius 3 is 2.29 bits per heavy atom. The van der Waals surface area contributed by atoms with E-state index in [4.69, 9.17) is 0 Å². The second-order valence-electron chi connectivity index (χ2n) is 6.29. The van der Waals surface area contributed by atoms with Gasteiger partial charge in [0.2, 0.25) is 10.0 Å². The van der Waals surface area contributed by atoms with Crippen molar-refractivity contribution in [3.63, 3.8) is 0 Å². The molecule has 2 aromatic rings. The number of ketones is 1. The summed E-state index contributed by atoms with van der Waals surface area (Å²) in [6.45, 7) is 1.91. The number of hydrogen-bond acceptors (Lipinski definition) is 3. The third-order valence-electron chi connectivity index (χ3n) is 4.53. The molecule has 1 N–H and O–H groups in total. The number of hydrogen-bond donors (Lipinski definition) is 1. The molecular formula is C19H21NO3S. The van der Waals surface area contributed by atoms with E-state index in [2.05, 4.69) is 4.72 Å². The Morgan fingerprint density at radius 1 is 1.04 bits per heavy atom. The van der Waals surface area contributed by atoms with E-state index in [9.17, 15) is 13.2 Å². The number of Topliss-reactive ketones (excluding diaryl/α,β-unsaturated/α-hetero) is 1. The fourth-order valence-electron chi connectivity index (χ4n) is 3.19. The summed E-state index contributed by atoms with van der Waals surface area (Å²) >= 11 is 0. The van der Waals surface area contributed by atoms with Crippen molar-refractivity contribution >= 4 is 15.8 Å².